The van der Waals surface area contributed by atoms with Gasteiger partial charge in [0.2, 0.25) is 12.7 Å². The van der Waals surface area contributed by atoms with Gasteiger partial charge in [0.25, 0.3) is 0 Å². The average molecular weight is 400 g/mol. The first-order chi connectivity index (χ1) is 14.7. The van der Waals surface area contributed by atoms with Crippen LogP contribution in [0, 0.1) is 0 Å². The number of anilines is 1. The minimum atomic E-state index is -0.513. The molecule has 0 spiro atoms. The summed E-state index contributed by atoms with van der Waals surface area (Å²) in [6.07, 6.45) is 4.36. The number of pyridine rings is 1. The molecule has 1 amide bonds. The lowest BCUT2D eigenvalue weighted by Gasteiger charge is -2.16. The number of fused-ring (bicyclic) bond motifs is 2. The molecule has 0 saturated heterocycles. The summed E-state index contributed by atoms with van der Waals surface area (Å²) < 4.78 is 16.4. The van der Waals surface area contributed by atoms with E-state index in [0.29, 0.717) is 11.6 Å². The average Bonchev–Trinajstić information content (AvgIpc) is 3.23. The summed E-state index contributed by atoms with van der Waals surface area (Å²) in [5.41, 5.74) is 3.79. The van der Waals surface area contributed by atoms with Gasteiger partial charge in [0.05, 0.1) is 12.0 Å². The Bertz CT molecular complexity index is 1150. The van der Waals surface area contributed by atoms with Gasteiger partial charge in [-0.3, -0.25) is 4.79 Å². The van der Waals surface area contributed by atoms with E-state index in [1.54, 1.807) is 6.20 Å². The Labute approximate surface area is 173 Å². The van der Waals surface area contributed by atoms with Crippen LogP contribution in [0.25, 0.3) is 11.1 Å². The van der Waals surface area contributed by atoms with E-state index < -0.39 is 5.41 Å². The lowest BCUT2D eigenvalue weighted by molar-refractivity contribution is -0.118. The lowest BCUT2D eigenvalue weighted by Crippen LogP contribution is -2.28. The Morgan fingerprint density at radius 3 is 2.57 bits per heavy atom. The number of amides is 1. The Balaban J connectivity index is 1.20. The molecular formula is C24H20N2O4. The van der Waals surface area contributed by atoms with Gasteiger partial charge in [0, 0.05) is 18.2 Å². The third-order valence-electron chi connectivity index (χ3n) is 6.14. The molecule has 6 heteroatoms. The number of nitrogens with one attached hydrogen (secondary N) is 1. The molecule has 0 atom stereocenters. The lowest BCUT2D eigenvalue weighted by atomic mass is 9.94. The van der Waals surface area contributed by atoms with Crippen molar-refractivity contribution in [2.45, 2.75) is 24.7 Å². The third kappa shape index (κ3) is 2.79. The highest BCUT2D eigenvalue weighted by Gasteiger charge is 2.51. The standard InChI is InChI=1S/C24H20N2O4/c27-23(24(8-9-24)18-3-5-20-21(12-18)30-14-29-20)26-22-6-2-17(13-25-22)15-1-4-19-16(11-15)7-10-28-19/h1-6,11-13H,7-10,14H2,(H,25,26,27). The maximum absolute atomic E-state index is 13.0. The van der Waals surface area contributed by atoms with E-state index in [2.05, 4.69) is 16.4 Å². The highest BCUT2D eigenvalue weighted by Crippen LogP contribution is 2.51. The molecule has 1 saturated carbocycles. The highest BCUT2D eigenvalue weighted by molar-refractivity contribution is 6.01. The predicted octanol–water partition coefficient (Wildman–Crippen LogP) is 4.08. The maximum atomic E-state index is 13.0. The molecule has 1 aromatic heterocycles. The number of benzene rings is 2. The molecule has 1 fully saturated rings. The van der Waals surface area contributed by atoms with E-state index in [1.165, 1.54) is 5.56 Å². The van der Waals surface area contributed by atoms with Crippen LogP contribution in [0.2, 0.25) is 0 Å². The summed E-state index contributed by atoms with van der Waals surface area (Å²) >= 11 is 0. The van der Waals surface area contributed by atoms with Crippen LogP contribution in [0.5, 0.6) is 17.2 Å². The van der Waals surface area contributed by atoms with Crippen LogP contribution >= 0.6 is 0 Å². The summed E-state index contributed by atoms with van der Waals surface area (Å²) in [4.78, 5) is 17.5. The number of rotatable bonds is 4. The van der Waals surface area contributed by atoms with Crippen molar-refractivity contribution >= 4 is 11.7 Å². The van der Waals surface area contributed by atoms with Crippen molar-refractivity contribution in [1.82, 2.24) is 4.98 Å². The molecular weight excluding hydrogens is 380 g/mol. The van der Waals surface area contributed by atoms with E-state index in [0.717, 1.165) is 54.1 Å². The summed E-state index contributed by atoms with van der Waals surface area (Å²) in [6, 6.07) is 15.8. The zero-order chi connectivity index (χ0) is 20.1. The first-order valence-electron chi connectivity index (χ1n) is 10.2. The number of carbonyl (C=O) groups is 1. The smallest absolute Gasteiger partial charge is 0.236 e. The second-order valence-corrected chi connectivity index (χ2v) is 7.96. The minimum absolute atomic E-state index is 0.0312. The fraction of sp³-hybridized carbons (Fsp3) is 0.250. The van der Waals surface area contributed by atoms with Crippen molar-refractivity contribution in [2.24, 2.45) is 0 Å². The van der Waals surface area contributed by atoms with Crippen LogP contribution in [-0.4, -0.2) is 24.3 Å². The largest absolute Gasteiger partial charge is 0.493 e. The van der Waals surface area contributed by atoms with Crippen LogP contribution in [0.3, 0.4) is 0 Å². The van der Waals surface area contributed by atoms with E-state index >= 15 is 0 Å². The van der Waals surface area contributed by atoms with Gasteiger partial charge in [-0.25, -0.2) is 4.98 Å². The summed E-state index contributed by atoms with van der Waals surface area (Å²) in [7, 11) is 0. The van der Waals surface area contributed by atoms with Crippen molar-refractivity contribution in [3.8, 4) is 28.4 Å². The number of nitrogens with zero attached hydrogens (tertiary/aromatic N) is 1. The fourth-order valence-corrected chi connectivity index (χ4v) is 4.21. The molecule has 0 unspecified atom stereocenters. The Morgan fingerprint density at radius 2 is 1.73 bits per heavy atom. The summed E-state index contributed by atoms with van der Waals surface area (Å²) in [5.74, 6) is 2.92. The van der Waals surface area contributed by atoms with Crippen molar-refractivity contribution in [3.05, 3.63) is 65.9 Å². The molecule has 2 aromatic carbocycles. The normalized spacial score (nSPS) is 17.2. The quantitative estimate of drug-likeness (QED) is 0.715. The molecule has 3 aliphatic rings. The number of carbonyl (C=O) groups excluding carboxylic acids is 1. The first-order valence-corrected chi connectivity index (χ1v) is 10.2. The second-order valence-electron chi connectivity index (χ2n) is 7.96. The van der Waals surface area contributed by atoms with E-state index in [9.17, 15) is 4.79 Å². The van der Waals surface area contributed by atoms with Gasteiger partial charge in [0.1, 0.15) is 11.6 Å². The fourth-order valence-electron chi connectivity index (χ4n) is 4.21. The molecule has 2 aliphatic heterocycles. The molecule has 6 nitrogen and oxygen atoms in total. The van der Waals surface area contributed by atoms with E-state index in [4.69, 9.17) is 14.2 Å². The predicted molar refractivity (Wildman–Crippen MR) is 111 cm³/mol. The van der Waals surface area contributed by atoms with Gasteiger partial charge in [-0.2, -0.15) is 0 Å². The monoisotopic (exact) mass is 400 g/mol. The molecule has 0 radical (unpaired) electrons. The van der Waals surface area contributed by atoms with E-state index in [1.807, 2.05) is 42.5 Å². The molecule has 30 heavy (non-hydrogen) atoms. The number of aromatic nitrogens is 1. The van der Waals surface area contributed by atoms with Gasteiger partial charge in [0.15, 0.2) is 11.5 Å². The molecule has 1 N–H and O–H groups in total. The van der Waals surface area contributed by atoms with E-state index in [-0.39, 0.29) is 12.7 Å². The van der Waals surface area contributed by atoms with Crippen LogP contribution < -0.4 is 19.5 Å². The van der Waals surface area contributed by atoms with Crippen LogP contribution in [0.15, 0.2) is 54.7 Å². The minimum Gasteiger partial charge on any atom is -0.493 e. The number of ether oxygens (including phenoxy) is 3. The first kappa shape index (κ1) is 17.3. The van der Waals surface area contributed by atoms with Crippen molar-refractivity contribution in [2.75, 3.05) is 18.7 Å². The topological polar surface area (TPSA) is 69.7 Å². The van der Waals surface area contributed by atoms with Crippen molar-refractivity contribution < 1.29 is 19.0 Å². The van der Waals surface area contributed by atoms with Gasteiger partial charge in [-0.05, 0) is 65.9 Å². The SMILES string of the molecule is O=C(Nc1ccc(-c2ccc3c(c2)CCO3)cn1)C1(c2ccc3c(c2)OCO3)CC1. The van der Waals surface area contributed by atoms with Crippen LogP contribution in [0.4, 0.5) is 5.82 Å². The summed E-state index contributed by atoms with van der Waals surface area (Å²) in [5, 5.41) is 2.99. The Hall–Kier alpha value is -3.54. The number of hydrogen-bond donors (Lipinski definition) is 1. The Morgan fingerprint density at radius 1 is 0.900 bits per heavy atom. The van der Waals surface area contributed by atoms with Crippen LogP contribution in [-0.2, 0) is 16.6 Å². The third-order valence-corrected chi connectivity index (χ3v) is 6.14. The second kappa shape index (κ2) is 6.49. The van der Waals surface area contributed by atoms with Gasteiger partial charge in [-0.15, -0.1) is 0 Å². The molecule has 3 aromatic rings. The summed E-state index contributed by atoms with van der Waals surface area (Å²) in [6.45, 7) is 0.971. The van der Waals surface area contributed by atoms with Gasteiger partial charge in [-0.1, -0.05) is 12.1 Å². The molecule has 0 bridgehead atoms. The number of hydrogen-bond acceptors (Lipinski definition) is 5. The van der Waals surface area contributed by atoms with Crippen molar-refractivity contribution in [1.29, 1.82) is 0 Å². The zero-order valence-electron chi connectivity index (χ0n) is 16.3. The van der Waals surface area contributed by atoms with Crippen LogP contribution in [0.1, 0.15) is 24.0 Å². The van der Waals surface area contributed by atoms with Crippen molar-refractivity contribution in [3.63, 3.8) is 0 Å². The maximum Gasteiger partial charge on any atom is 0.236 e. The molecule has 3 heterocycles. The molecule has 150 valence electrons. The molecule has 6 rings (SSSR count). The zero-order valence-corrected chi connectivity index (χ0v) is 16.3. The Kier molecular flexibility index (Phi) is 3.75. The van der Waals surface area contributed by atoms with Gasteiger partial charge < -0.3 is 19.5 Å². The molecule has 1 aliphatic carbocycles. The van der Waals surface area contributed by atoms with Gasteiger partial charge >= 0.3 is 0 Å². The highest BCUT2D eigenvalue weighted by atomic mass is 16.7.